The normalized spacial score (nSPS) is 10.7. The van der Waals surface area contributed by atoms with Crippen molar-refractivity contribution in [1.29, 1.82) is 0 Å². The molecule has 2 aromatic heterocycles. The maximum atomic E-state index is 13.3. The third-order valence-electron chi connectivity index (χ3n) is 3.86. The molecule has 2 N–H and O–H groups in total. The summed E-state index contributed by atoms with van der Waals surface area (Å²) in [5.41, 5.74) is 1.04. The summed E-state index contributed by atoms with van der Waals surface area (Å²) in [6, 6.07) is 10.8. The number of nitrogens with zero attached hydrogens (tertiary/aromatic N) is 2. The first-order chi connectivity index (χ1) is 12.6. The molecule has 0 saturated heterocycles. The smallest absolute Gasteiger partial charge is 0.292 e. The van der Waals surface area contributed by atoms with Gasteiger partial charge in [-0.05, 0) is 36.8 Å². The van der Waals surface area contributed by atoms with Crippen molar-refractivity contribution in [1.82, 2.24) is 14.7 Å². The van der Waals surface area contributed by atoms with Crippen molar-refractivity contribution >= 4 is 23.0 Å². The number of hydrogen-bond donors (Lipinski definition) is 2. The lowest BCUT2D eigenvalue weighted by atomic mass is 10.3. The van der Waals surface area contributed by atoms with E-state index in [0.29, 0.717) is 17.7 Å². The number of halogens is 1. The summed E-state index contributed by atoms with van der Waals surface area (Å²) < 4.78 is 14.9. The van der Waals surface area contributed by atoms with E-state index in [0.717, 1.165) is 12.8 Å². The minimum Gasteiger partial charge on any atom is -0.351 e. The molecule has 0 bridgehead atoms. The molecule has 7 heteroatoms. The molecule has 6 nitrogen and oxygen atoms in total. The number of fused-ring (bicyclic) bond motifs is 1. The third kappa shape index (κ3) is 3.72. The highest BCUT2D eigenvalue weighted by Crippen LogP contribution is 2.16. The van der Waals surface area contributed by atoms with E-state index in [1.807, 2.05) is 6.92 Å². The highest BCUT2D eigenvalue weighted by Gasteiger charge is 2.21. The average molecular weight is 354 g/mol. The summed E-state index contributed by atoms with van der Waals surface area (Å²) in [5.74, 6) is -1.24. The van der Waals surface area contributed by atoms with Crippen molar-refractivity contribution in [3.63, 3.8) is 0 Å². The molecule has 0 aliphatic carbocycles. The molecule has 0 atom stereocenters. The van der Waals surface area contributed by atoms with E-state index in [1.54, 1.807) is 34.9 Å². The number of unbranched alkanes of at least 4 members (excludes halogenated alkanes) is 1. The molecule has 0 unspecified atom stereocenters. The van der Waals surface area contributed by atoms with Gasteiger partial charge in [0.05, 0.1) is 5.52 Å². The Kier molecular flexibility index (Phi) is 5.26. The largest absolute Gasteiger partial charge is 0.351 e. The second-order valence-corrected chi connectivity index (χ2v) is 5.81. The van der Waals surface area contributed by atoms with Gasteiger partial charge in [-0.15, -0.1) is 0 Å². The van der Waals surface area contributed by atoms with Gasteiger partial charge in [-0.1, -0.05) is 25.5 Å². The number of aromatic nitrogens is 2. The molecule has 2 amide bonds. The van der Waals surface area contributed by atoms with E-state index in [4.69, 9.17) is 0 Å². The number of amides is 2. The van der Waals surface area contributed by atoms with Crippen molar-refractivity contribution in [3.8, 4) is 0 Å². The molecule has 3 rings (SSSR count). The van der Waals surface area contributed by atoms with Gasteiger partial charge in [0.15, 0.2) is 5.69 Å². The predicted molar refractivity (Wildman–Crippen MR) is 96.8 cm³/mol. The molecule has 0 aliphatic heterocycles. The molecule has 26 heavy (non-hydrogen) atoms. The number of nitrogens with one attached hydrogen (secondary N) is 2. The van der Waals surface area contributed by atoms with Gasteiger partial charge in [-0.2, -0.15) is 0 Å². The van der Waals surface area contributed by atoms with E-state index in [9.17, 15) is 14.0 Å². The molecular weight excluding hydrogens is 335 g/mol. The quantitative estimate of drug-likeness (QED) is 0.667. The van der Waals surface area contributed by atoms with Crippen LogP contribution in [0.25, 0.3) is 5.52 Å². The Bertz CT molecular complexity index is 952. The van der Waals surface area contributed by atoms with Gasteiger partial charge in [-0.3, -0.25) is 14.0 Å². The minimum atomic E-state index is -0.524. The summed E-state index contributed by atoms with van der Waals surface area (Å²) in [6.07, 6.45) is 3.49. The Morgan fingerprint density at radius 1 is 1.15 bits per heavy atom. The molecule has 0 saturated carbocycles. The fourth-order valence-electron chi connectivity index (χ4n) is 2.58. The van der Waals surface area contributed by atoms with Crippen LogP contribution in [0, 0.1) is 5.82 Å². The highest BCUT2D eigenvalue weighted by atomic mass is 19.1. The molecule has 0 spiro atoms. The first kappa shape index (κ1) is 17.6. The van der Waals surface area contributed by atoms with Crippen molar-refractivity contribution in [2.75, 3.05) is 11.9 Å². The zero-order chi connectivity index (χ0) is 18.5. The third-order valence-corrected chi connectivity index (χ3v) is 3.86. The number of carbonyl (C=O) groups is 2. The topological polar surface area (TPSA) is 75.5 Å². The van der Waals surface area contributed by atoms with Gasteiger partial charge in [0.25, 0.3) is 11.8 Å². The Hall–Kier alpha value is -3.22. The zero-order valence-corrected chi connectivity index (χ0v) is 14.3. The van der Waals surface area contributed by atoms with Gasteiger partial charge in [0.2, 0.25) is 5.82 Å². The summed E-state index contributed by atoms with van der Waals surface area (Å²) in [4.78, 5) is 29.2. The molecule has 134 valence electrons. The molecule has 3 aromatic rings. The second-order valence-electron chi connectivity index (χ2n) is 5.81. The maximum absolute atomic E-state index is 13.3. The standard InChI is InChI=1S/C19H19FN4O2/c1-2-3-10-21-18(25)16-15-9-4-5-11-24(15)17(23-16)19(26)22-14-8-6-7-13(20)12-14/h4-9,11-12H,2-3,10H2,1H3,(H,21,25)(H,22,26). The molecule has 0 fully saturated rings. The van der Waals surface area contributed by atoms with E-state index < -0.39 is 11.7 Å². The summed E-state index contributed by atoms with van der Waals surface area (Å²) in [6.45, 7) is 2.58. The second kappa shape index (κ2) is 7.77. The van der Waals surface area contributed by atoms with E-state index >= 15 is 0 Å². The summed E-state index contributed by atoms with van der Waals surface area (Å²) >= 11 is 0. The molecule has 2 heterocycles. The molecule has 0 radical (unpaired) electrons. The van der Waals surface area contributed by atoms with Crippen LogP contribution in [0.5, 0.6) is 0 Å². The SMILES string of the molecule is CCCCNC(=O)c1nc(C(=O)Nc2cccc(F)c2)n2ccccc12. The minimum absolute atomic E-state index is 0.0607. The number of pyridine rings is 1. The Morgan fingerprint density at radius 2 is 2.00 bits per heavy atom. The van der Waals surface area contributed by atoms with E-state index in [-0.39, 0.29) is 17.4 Å². The maximum Gasteiger partial charge on any atom is 0.292 e. The van der Waals surface area contributed by atoms with Crippen LogP contribution in [0.1, 0.15) is 40.9 Å². The fourth-order valence-corrected chi connectivity index (χ4v) is 2.58. The number of imidazole rings is 1. The van der Waals surface area contributed by atoms with Crippen LogP contribution in [0.4, 0.5) is 10.1 Å². The van der Waals surface area contributed by atoms with Crippen molar-refractivity contribution in [2.45, 2.75) is 19.8 Å². The monoisotopic (exact) mass is 354 g/mol. The first-order valence-corrected chi connectivity index (χ1v) is 8.42. The van der Waals surface area contributed by atoms with Gasteiger partial charge in [0.1, 0.15) is 5.82 Å². The zero-order valence-electron chi connectivity index (χ0n) is 14.3. The van der Waals surface area contributed by atoms with Gasteiger partial charge in [-0.25, -0.2) is 9.37 Å². The highest BCUT2D eigenvalue weighted by molar-refractivity contribution is 6.06. The van der Waals surface area contributed by atoms with Crippen LogP contribution in [0.15, 0.2) is 48.7 Å². The van der Waals surface area contributed by atoms with Gasteiger partial charge >= 0.3 is 0 Å². The number of rotatable bonds is 6. The Balaban J connectivity index is 1.91. The van der Waals surface area contributed by atoms with Gasteiger partial charge < -0.3 is 10.6 Å². The van der Waals surface area contributed by atoms with Crippen LogP contribution in [0.3, 0.4) is 0 Å². The lowest BCUT2D eigenvalue weighted by Crippen LogP contribution is -2.25. The number of carbonyl (C=O) groups excluding carboxylic acids is 2. The van der Waals surface area contributed by atoms with Crippen LogP contribution in [-0.4, -0.2) is 27.7 Å². The lowest BCUT2D eigenvalue weighted by Gasteiger charge is -2.04. The van der Waals surface area contributed by atoms with Crippen molar-refractivity contribution in [2.24, 2.45) is 0 Å². The summed E-state index contributed by atoms with van der Waals surface area (Å²) in [5, 5.41) is 5.41. The van der Waals surface area contributed by atoms with Crippen LogP contribution in [0.2, 0.25) is 0 Å². The average Bonchev–Trinajstić information content (AvgIpc) is 3.02. The van der Waals surface area contributed by atoms with E-state index in [1.165, 1.54) is 18.2 Å². The van der Waals surface area contributed by atoms with Crippen LogP contribution >= 0.6 is 0 Å². The van der Waals surface area contributed by atoms with Gasteiger partial charge in [0, 0.05) is 18.4 Å². The molecule has 0 aliphatic rings. The Morgan fingerprint density at radius 3 is 2.77 bits per heavy atom. The lowest BCUT2D eigenvalue weighted by molar-refractivity contribution is 0.0950. The summed E-state index contributed by atoms with van der Waals surface area (Å²) in [7, 11) is 0. The number of hydrogen-bond acceptors (Lipinski definition) is 3. The molecular formula is C19H19FN4O2. The molecule has 1 aromatic carbocycles. The Labute approximate surface area is 150 Å². The fraction of sp³-hybridized carbons (Fsp3) is 0.211. The number of benzene rings is 1. The van der Waals surface area contributed by atoms with Crippen molar-refractivity contribution < 1.29 is 14.0 Å². The van der Waals surface area contributed by atoms with Crippen LogP contribution < -0.4 is 10.6 Å². The first-order valence-electron chi connectivity index (χ1n) is 8.42. The number of anilines is 1. The van der Waals surface area contributed by atoms with Crippen molar-refractivity contribution in [3.05, 3.63) is 66.0 Å². The van der Waals surface area contributed by atoms with Crippen LogP contribution in [-0.2, 0) is 0 Å². The van der Waals surface area contributed by atoms with E-state index in [2.05, 4.69) is 15.6 Å². The predicted octanol–water partition coefficient (Wildman–Crippen LogP) is 3.26.